The van der Waals surface area contributed by atoms with Crippen molar-refractivity contribution in [3.8, 4) is 0 Å². The van der Waals surface area contributed by atoms with E-state index in [0.717, 1.165) is 32.1 Å². The summed E-state index contributed by atoms with van der Waals surface area (Å²) in [6.07, 6.45) is 12.5. The summed E-state index contributed by atoms with van der Waals surface area (Å²) in [5.41, 5.74) is 0. The fourth-order valence-corrected chi connectivity index (χ4v) is 4.09. The highest BCUT2D eigenvalue weighted by Gasteiger charge is 2.54. The van der Waals surface area contributed by atoms with Gasteiger partial charge in [0.2, 0.25) is 0 Å². The van der Waals surface area contributed by atoms with Crippen molar-refractivity contribution in [2.75, 3.05) is 13.2 Å². The van der Waals surface area contributed by atoms with Gasteiger partial charge in [0.1, 0.15) is 0 Å². The highest BCUT2D eigenvalue weighted by atomic mass is 16.6. The molecule has 0 spiro atoms. The van der Waals surface area contributed by atoms with Crippen molar-refractivity contribution in [3.63, 3.8) is 0 Å². The van der Waals surface area contributed by atoms with Crippen LogP contribution < -0.4 is 0 Å². The molecule has 156 valence electrons. The predicted molar refractivity (Wildman–Crippen MR) is 104 cm³/mol. The smallest absolute Gasteiger partial charge is 0.312 e. The number of fused-ring (bicyclic) bond motifs is 2. The standard InChI is InChI=1S/C22H38O5/c1-3-5-7-9-11-13-25-21(23)18-15-17-16-19(27-17)20(18)22(24)26-14-12-10-8-6-4-2/h17-20H,3-16H2,1-2H3. The Bertz CT molecular complexity index is 444. The second-order valence-corrected chi connectivity index (χ2v) is 8.06. The Morgan fingerprint density at radius 1 is 0.778 bits per heavy atom. The highest BCUT2D eigenvalue weighted by Crippen LogP contribution is 2.43. The van der Waals surface area contributed by atoms with Gasteiger partial charge in [0.15, 0.2) is 0 Å². The van der Waals surface area contributed by atoms with Crippen LogP contribution in [0.4, 0.5) is 0 Å². The summed E-state index contributed by atoms with van der Waals surface area (Å²) in [5.74, 6) is -1.41. The van der Waals surface area contributed by atoms with Gasteiger partial charge in [-0.3, -0.25) is 9.59 Å². The molecule has 3 rings (SSSR count). The average Bonchev–Trinajstić information content (AvgIpc) is 2.65. The van der Waals surface area contributed by atoms with Crippen molar-refractivity contribution < 1.29 is 23.8 Å². The first-order valence-corrected chi connectivity index (χ1v) is 11.2. The van der Waals surface area contributed by atoms with E-state index in [-0.39, 0.29) is 24.1 Å². The van der Waals surface area contributed by atoms with Gasteiger partial charge < -0.3 is 14.2 Å². The lowest BCUT2D eigenvalue weighted by Gasteiger charge is -2.48. The van der Waals surface area contributed by atoms with Gasteiger partial charge in [0, 0.05) is 6.42 Å². The molecule has 0 N–H and O–H groups in total. The molecule has 1 aliphatic carbocycles. The second kappa shape index (κ2) is 12.4. The topological polar surface area (TPSA) is 61.8 Å². The van der Waals surface area contributed by atoms with E-state index in [1.165, 1.54) is 38.5 Å². The van der Waals surface area contributed by atoms with Crippen LogP contribution in [-0.4, -0.2) is 37.4 Å². The van der Waals surface area contributed by atoms with Crippen LogP contribution in [0, 0.1) is 11.8 Å². The summed E-state index contributed by atoms with van der Waals surface area (Å²) in [4.78, 5) is 25.1. The van der Waals surface area contributed by atoms with Gasteiger partial charge in [0.05, 0.1) is 37.3 Å². The van der Waals surface area contributed by atoms with Crippen LogP contribution in [0.5, 0.6) is 0 Å². The summed E-state index contributed by atoms with van der Waals surface area (Å²) in [7, 11) is 0. The number of hydrogen-bond donors (Lipinski definition) is 0. The first-order chi connectivity index (χ1) is 13.2. The lowest BCUT2D eigenvalue weighted by molar-refractivity contribution is -0.222. The van der Waals surface area contributed by atoms with Gasteiger partial charge >= 0.3 is 11.9 Å². The molecule has 0 aromatic carbocycles. The van der Waals surface area contributed by atoms with Crippen LogP contribution >= 0.6 is 0 Å². The maximum atomic E-state index is 12.6. The number of carbonyl (C=O) groups is 2. The number of esters is 2. The SMILES string of the molecule is CCCCCCCOC(=O)C1CC2CC(O2)C1C(=O)OCCCCCCC. The molecule has 27 heavy (non-hydrogen) atoms. The van der Waals surface area contributed by atoms with E-state index in [9.17, 15) is 9.59 Å². The molecule has 4 unspecified atom stereocenters. The average molecular weight is 383 g/mol. The Hall–Kier alpha value is -1.10. The van der Waals surface area contributed by atoms with Gasteiger partial charge in [-0.1, -0.05) is 65.2 Å². The van der Waals surface area contributed by atoms with Crippen LogP contribution in [0.2, 0.25) is 0 Å². The van der Waals surface area contributed by atoms with Crippen LogP contribution in [0.15, 0.2) is 0 Å². The van der Waals surface area contributed by atoms with Gasteiger partial charge in [-0.05, 0) is 19.3 Å². The van der Waals surface area contributed by atoms with Crippen LogP contribution in [0.25, 0.3) is 0 Å². The molecule has 0 aromatic heterocycles. The third-order valence-electron chi connectivity index (χ3n) is 5.77. The minimum Gasteiger partial charge on any atom is -0.465 e. The molecule has 2 heterocycles. The Morgan fingerprint density at radius 2 is 1.30 bits per heavy atom. The van der Waals surface area contributed by atoms with E-state index >= 15 is 0 Å². The van der Waals surface area contributed by atoms with E-state index in [2.05, 4.69) is 13.8 Å². The van der Waals surface area contributed by atoms with Crippen LogP contribution in [0.1, 0.15) is 90.9 Å². The maximum absolute atomic E-state index is 12.6. The lowest BCUT2D eigenvalue weighted by atomic mass is 9.72. The summed E-state index contributed by atoms with van der Waals surface area (Å²) in [5, 5.41) is 0. The molecule has 0 radical (unpaired) electrons. The van der Waals surface area contributed by atoms with E-state index < -0.39 is 11.8 Å². The lowest BCUT2D eigenvalue weighted by Crippen LogP contribution is -2.57. The van der Waals surface area contributed by atoms with Crippen molar-refractivity contribution in [2.24, 2.45) is 11.8 Å². The zero-order valence-corrected chi connectivity index (χ0v) is 17.3. The van der Waals surface area contributed by atoms with Crippen molar-refractivity contribution >= 4 is 11.9 Å². The zero-order valence-electron chi connectivity index (χ0n) is 17.3. The maximum Gasteiger partial charge on any atom is 0.312 e. The third kappa shape index (κ3) is 7.10. The first-order valence-electron chi connectivity index (χ1n) is 11.2. The molecule has 0 aromatic rings. The fourth-order valence-electron chi connectivity index (χ4n) is 4.09. The summed E-state index contributed by atoms with van der Waals surface area (Å²) < 4.78 is 16.7. The van der Waals surface area contributed by atoms with Gasteiger partial charge in [-0.15, -0.1) is 0 Å². The molecular formula is C22H38O5. The largest absolute Gasteiger partial charge is 0.465 e. The fraction of sp³-hybridized carbons (Fsp3) is 0.909. The number of unbranched alkanes of at least 4 members (excludes halogenated alkanes) is 8. The molecule has 3 aliphatic rings. The highest BCUT2D eigenvalue weighted by molar-refractivity contribution is 5.83. The minimum absolute atomic E-state index is 0.107. The predicted octanol–water partition coefficient (Wildman–Crippen LogP) is 4.81. The number of hydrogen-bond acceptors (Lipinski definition) is 5. The van der Waals surface area contributed by atoms with Crippen LogP contribution in [-0.2, 0) is 23.8 Å². The molecule has 2 aliphatic heterocycles. The molecule has 0 amide bonds. The Labute approximate surface area is 164 Å². The molecule has 2 saturated heterocycles. The minimum atomic E-state index is -0.488. The molecule has 4 atom stereocenters. The summed E-state index contributed by atoms with van der Waals surface area (Å²) >= 11 is 0. The molecule has 3 fully saturated rings. The molecular weight excluding hydrogens is 344 g/mol. The van der Waals surface area contributed by atoms with Crippen molar-refractivity contribution in [3.05, 3.63) is 0 Å². The molecule has 5 heteroatoms. The third-order valence-corrected chi connectivity index (χ3v) is 5.77. The Kier molecular flexibility index (Phi) is 10.2. The first kappa shape index (κ1) is 22.2. The molecule has 5 nitrogen and oxygen atoms in total. The van der Waals surface area contributed by atoms with Gasteiger partial charge in [-0.25, -0.2) is 0 Å². The normalized spacial score (nSPS) is 26.3. The number of rotatable bonds is 14. The van der Waals surface area contributed by atoms with E-state index in [1.807, 2.05) is 0 Å². The van der Waals surface area contributed by atoms with E-state index in [0.29, 0.717) is 19.6 Å². The van der Waals surface area contributed by atoms with Crippen LogP contribution in [0.3, 0.4) is 0 Å². The monoisotopic (exact) mass is 382 g/mol. The Morgan fingerprint density at radius 3 is 1.85 bits per heavy atom. The molecule has 2 bridgehead atoms. The number of ether oxygens (including phenoxy) is 3. The summed E-state index contributed by atoms with van der Waals surface area (Å²) in [6, 6.07) is 0. The van der Waals surface area contributed by atoms with Crippen molar-refractivity contribution in [1.82, 2.24) is 0 Å². The summed E-state index contributed by atoms with van der Waals surface area (Å²) in [6.45, 7) is 5.25. The zero-order chi connectivity index (χ0) is 19.5. The second-order valence-electron chi connectivity index (χ2n) is 8.06. The van der Waals surface area contributed by atoms with Gasteiger partial charge in [0.25, 0.3) is 0 Å². The Balaban J connectivity index is 1.71. The van der Waals surface area contributed by atoms with Crippen molar-refractivity contribution in [1.29, 1.82) is 0 Å². The number of carbonyl (C=O) groups excluding carboxylic acids is 2. The quantitative estimate of drug-likeness (QED) is 0.319. The van der Waals surface area contributed by atoms with E-state index in [1.54, 1.807) is 0 Å². The van der Waals surface area contributed by atoms with Crippen molar-refractivity contribution in [2.45, 2.75) is 103 Å². The van der Waals surface area contributed by atoms with Gasteiger partial charge in [-0.2, -0.15) is 0 Å². The molecule has 1 saturated carbocycles. The van der Waals surface area contributed by atoms with E-state index in [4.69, 9.17) is 14.2 Å².